The highest BCUT2D eigenvalue weighted by molar-refractivity contribution is 4.93. The quantitative estimate of drug-likeness (QED) is 0.538. The molecule has 1 atom stereocenters. The van der Waals surface area contributed by atoms with E-state index < -0.39 is 0 Å². The van der Waals surface area contributed by atoms with Crippen molar-refractivity contribution < 1.29 is 0 Å². The van der Waals surface area contributed by atoms with Gasteiger partial charge in [0.15, 0.2) is 0 Å². The van der Waals surface area contributed by atoms with Gasteiger partial charge in [-0.3, -0.25) is 0 Å². The van der Waals surface area contributed by atoms with Crippen molar-refractivity contribution in [3.8, 4) is 0 Å². The van der Waals surface area contributed by atoms with Crippen LogP contribution < -0.4 is 0 Å². The average molecular weight is 152 g/mol. The molecule has 11 heavy (non-hydrogen) atoms. The van der Waals surface area contributed by atoms with Crippen LogP contribution in [0.25, 0.3) is 0 Å². The van der Waals surface area contributed by atoms with E-state index in [-0.39, 0.29) is 0 Å². The first-order valence-corrected chi connectivity index (χ1v) is 4.83. The van der Waals surface area contributed by atoms with Gasteiger partial charge in [-0.25, -0.2) is 0 Å². The Morgan fingerprint density at radius 1 is 1.45 bits per heavy atom. The Balaban J connectivity index is 2.06. The van der Waals surface area contributed by atoms with Gasteiger partial charge in [-0.2, -0.15) is 0 Å². The van der Waals surface area contributed by atoms with Crippen LogP contribution in [-0.2, 0) is 0 Å². The molecule has 0 bridgehead atoms. The van der Waals surface area contributed by atoms with Gasteiger partial charge in [0.05, 0.1) is 0 Å². The van der Waals surface area contributed by atoms with Crippen LogP contribution in [0, 0.1) is 11.8 Å². The number of hydrogen-bond donors (Lipinski definition) is 0. The third-order valence-electron chi connectivity index (χ3n) is 2.60. The molecule has 1 aliphatic carbocycles. The maximum atomic E-state index is 2.40. The zero-order chi connectivity index (χ0) is 8.27. The van der Waals surface area contributed by atoms with Crippen LogP contribution in [0.2, 0.25) is 0 Å². The SMILES string of the molecule is CC(C)=CCCC(C)C1CC1. The van der Waals surface area contributed by atoms with E-state index in [1.807, 2.05) is 0 Å². The Kier molecular flexibility index (Phi) is 3.16. The van der Waals surface area contributed by atoms with Gasteiger partial charge in [-0.1, -0.05) is 18.6 Å². The summed E-state index contributed by atoms with van der Waals surface area (Å²) in [6, 6.07) is 0. The van der Waals surface area contributed by atoms with Gasteiger partial charge < -0.3 is 0 Å². The summed E-state index contributed by atoms with van der Waals surface area (Å²) < 4.78 is 0. The summed E-state index contributed by atoms with van der Waals surface area (Å²) in [4.78, 5) is 0. The van der Waals surface area contributed by atoms with Gasteiger partial charge in [-0.15, -0.1) is 0 Å². The molecule has 0 nitrogen and oxygen atoms in total. The maximum Gasteiger partial charge on any atom is -0.0346 e. The first kappa shape index (κ1) is 8.83. The zero-order valence-electron chi connectivity index (χ0n) is 8.06. The molecular weight excluding hydrogens is 132 g/mol. The molecule has 1 saturated carbocycles. The van der Waals surface area contributed by atoms with Crippen LogP contribution in [0.5, 0.6) is 0 Å². The molecule has 1 aliphatic rings. The second-order valence-electron chi connectivity index (χ2n) is 4.17. The Labute approximate surface area is 70.7 Å². The van der Waals surface area contributed by atoms with Crippen molar-refractivity contribution >= 4 is 0 Å². The van der Waals surface area contributed by atoms with E-state index >= 15 is 0 Å². The highest BCUT2D eigenvalue weighted by Crippen LogP contribution is 2.38. The minimum Gasteiger partial charge on any atom is -0.0859 e. The van der Waals surface area contributed by atoms with E-state index in [0.717, 1.165) is 11.8 Å². The Bertz CT molecular complexity index is 136. The van der Waals surface area contributed by atoms with Crippen molar-refractivity contribution in [3.63, 3.8) is 0 Å². The molecular formula is C11H20. The summed E-state index contributed by atoms with van der Waals surface area (Å²) in [5.41, 5.74) is 1.47. The van der Waals surface area contributed by atoms with E-state index in [2.05, 4.69) is 26.8 Å². The lowest BCUT2D eigenvalue weighted by molar-refractivity contribution is 0.474. The monoisotopic (exact) mass is 152 g/mol. The molecule has 64 valence electrons. The summed E-state index contributed by atoms with van der Waals surface area (Å²) in [5.74, 6) is 2.06. The van der Waals surface area contributed by atoms with Gasteiger partial charge >= 0.3 is 0 Å². The predicted octanol–water partition coefficient (Wildman–Crippen LogP) is 3.78. The van der Waals surface area contributed by atoms with E-state index in [0.29, 0.717) is 0 Å². The second-order valence-corrected chi connectivity index (χ2v) is 4.17. The minimum absolute atomic E-state index is 0.977. The second kappa shape index (κ2) is 3.94. The first-order valence-electron chi connectivity index (χ1n) is 4.83. The predicted molar refractivity (Wildman–Crippen MR) is 50.6 cm³/mol. The molecule has 1 rings (SSSR count). The van der Waals surface area contributed by atoms with Crippen molar-refractivity contribution in [1.82, 2.24) is 0 Å². The van der Waals surface area contributed by atoms with E-state index in [1.54, 1.807) is 0 Å². The van der Waals surface area contributed by atoms with Crippen molar-refractivity contribution in [2.75, 3.05) is 0 Å². The van der Waals surface area contributed by atoms with Crippen molar-refractivity contribution in [2.45, 2.75) is 46.5 Å². The summed E-state index contributed by atoms with van der Waals surface area (Å²) >= 11 is 0. The molecule has 0 aromatic carbocycles. The average Bonchev–Trinajstić information content (AvgIpc) is 2.66. The normalized spacial score (nSPS) is 19.5. The molecule has 1 fully saturated rings. The Morgan fingerprint density at radius 2 is 2.09 bits per heavy atom. The smallest absolute Gasteiger partial charge is 0.0346 e. The molecule has 0 heterocycles. The maximum absolute atomic E-state index is 2.40. The molecule has 0 spiro atoms. The molecule has 0 aliphatic heterocycles. The van der Waals surface area contributed by atoms with Gasteiger partial charge in [0.2, 0.25) is 0 Å². The fourth-order valence-corrected chi connectivity index (χ4v) is 1.54. The molecule has 0 aromatic heterocycles. The van der Waals surface area contributed by atoms with Crippen molar-refractivity contribution in [2.24, 2.45) is 11.8 Å². The molecule has 0 radical (unpaired) electrons. The summed E-state index contributed by atoms with van der Waals surface area (Å²) in [6.45, 7) is 6.76. The molecule has 0 heteroatoms. The fourth-order valence-electron chi connectivity index (χ4n) is 1.54. The summed E-state index contributed by atoms with van der Waals surface area (Å²) in [7, 11) is 0. The third-order valence-corrected chi connectivity index (χ3v) is 2.60. The zero-order valence-corrected chi connectivity index (χ0v) is 8.06. The van der Waals surface area contributed by atoms with Crippen LogP contribution in [0.4, 0.5) is 0 Å². The highest BCUT2D eigenvalue weighted by Gasteiger charge is 2.26. The lowest BCUT2D eigenvalue weighted by Gasteiger charge is -2.06. The Morgan fingerprint density at radius 3 is 2.55 bits per heavy atom. The van der Waals surface area contributed by atoms with Gasteiger partial charge in [0.1, 0.15) is 0 Å². The third kappa shape index (κ3) is 3.60. The van der Waals surface area contributed by atoms with Crippen LogP contribution in [0.1, 0.15) is 46.5 Å². The molecule has 1 unspecified atom stereocenters. The number of allylic oxidation sites excluding steroid dienone is 2. The van der Waals surface area contributed by atoms with Gasteiger partial charge in [-0.05, 0) is 51.4 Å². The molecule has 0 N–H and O–H groups in total. The minimum atomic E-state index is 0.977. The van der Waals surface area contributed by atoms with Crippen LogP contribution in [-0.4, -0.2) is 0 Å². The first-order chi connectivity index (χ1) is 5.20. The largest absolute Gasteiger partial charge is 0.0859 e. The van der Waals surface area contributed by atoms with Gasteiger partial charge in [0, 0.05) is 0 Å². The summed E-state index contributed by atoms with van der Waals surface area (Å²) in [5, 5.41) is 0. The topological polar surface area (TPSA) is 0 Å². The highest BCUT2D eigenvalue weighted by atomic mass is 14.3. The van der Waals surface area contributed by atoms with Crippen LogP contribution in [0.3, 0.4) is 0 Å². The fraction of sp³-hybridized carbons (Fsp3) is 0.818. The van der Waals surface area contributed by atoms with E-state index in [4.69, 9.17) is 0 Å². The molecule has 0 aromatic rings. The van der Waals surface area contributed by atoms with Crippen molar-refractivity contribution in [1.29, 1.82) is 0 Å². The molecule has 0 amide bonds. The van der Waals surface area contributed by atoms with E-state index in [9.17, 15) is 0 Å². The Hall–Kier alpha value is -0.260. The van der Waals surface area contributed by atoms with Crippen LogP contribution in [0.15, 0.2) is 11.6 Å². The number of rotatable bonds is 4. The standard InChI is InChI=1S/C11H20/c1-9(2)5-4-6-10(3)11-7-8-11/h5,10-11H,4,6-8H2,1-3H3. The summed E-state index contributed by atoms with van der Waals surface area (Å²) in [6.07, 6.45) is 8.04. The van der Waals surface area contributed by atoms with E-state index in [1.165, 1.54) is 31.3 Å². The lowest BCUT2D eigenvalue weighted by atomic mass is 10.00. The number of hydrogen-bond acceptors (Lipinski definition) is 0. The molecule has 0 saturated heterocycles. The lowest BCUT2D eigenvalue weighted by Crippen LogP contribution is -1.95. The van der Waals surface area contributed by atoms with Crippen molar-refractivity contribution in [3.05, 3.63) is 11.6 Å². The van der Waals surface area contributed by atoms with Crippen LogP contribution >= 0.6 is 0 Å². The van der Waals surface area contributed by atoms with Gasteiger partial charge in [0.25, 0.3) is 0 Å².